The topological polar surface area (TPSA) is 99.0 Å². The van der Waals surface area contributed by atoms with Gasteiger partial charge in [0.15, 0.2) is 15.8 Å². The Morgan fingerprint density at radius 2 is 1.82 bits per heavy atom. The third-order valence-electron chi connectivity index (χ3n) is 4.79. The lowest BCUT2D eigenvalue weighted by Crippen LogP contribution is -2.27. The minimum atomic E-state index is -0.765. The van der Waals surface area contributed by atoms with E-state index >= 15 is 0 Å². The highest BCUT2D eigenvalue weighted by Gasteiger charge is 2.33. The van der Waals surface area contributed by atoms with Gasteiger partial charge in [-0.2, -0.15) is 0 Å². The van der Waals surface area contributed by atoms with Crippen molar-refractivity contribution in [2.75, 3.05) is 12.0 Å². The number of anilines is 1. The Morgan fingerprint density at radius 3 is 2.53 bits per heavy atom. The molecule has 170 valence electrons. The first kappa shape index (κ1) is 23.1. The molecule has 0 radical (unpaired) electrons. The maximum Gasteiger partial charge on any atom is 0.343 e. The first-order chi connectivity index (χ1) is 16.4. The predicted octanol–water partition coefficient (Wildman–Crippen LogP) is 5.23. The molecule has 0 saturated carbocycles. The van der Waals surface area contributed by atoms with E-state index in [4.69, 9.17) is 21.7 Å². The Bertz CT molecular complexity index is 1340. The minimum Gasteiger partial charge on any atom is -0.493 e. The van der Waals surface area contributed by atoms with Crippen LogP contribution in [0.3, 0.4) is 0 Å². The molecule has 1 fully saturated rings. The average Bonchev–Trinajstić information content (AvgIpc) is 3.12. The van der Waals surface area contributed by atoms with E-state index in [1.165, 1.54) is 48.0 Å². The number of nitrogens with zero attached hydrogens (tertiary/aromatic N) is 2. The standard InChI is InChI=1S/C24H16N2O6S2/c1-31-20-12-15(13-21-22(27)25(24(33)34-21)17-7-3-2-4-8-17)10-11-19(20)32-23(28)16-6-5-9-18(14-16)26(29)30/h2-14H,1H3. The van der Waals surface area contributed by atoms with Gasteiger partial charge in [-0.3, -0.25) is 19.8 Å². The van der Waals surface area contributed by atoms with Crippen molar-refractivity contribution in [2.24, 2.45) is 0 Å². The third-order valence-corrected chi connectivity index (χ3v) is 6.09. The number of rotatable bonds is 6. The van der Waals surface area contributed by atoms with Crippen molar-refractivity contribution in [3.05, 3.63) is 98.9 Å². The Kier molecular flexibility index (Phi) is 6.71. The lowest BCUT2D eigenvalue weighted by molar-refractivity contribution is -0.384. The van der Waals surface area contributed by atoms with Crippen LogP contribution < -0.4 is 14.4 Å². The van der Waals surface area contributed by atoms with Gasteiger partial charge < -0.3 is 9.47 Å². The molecule has 1 aliphatic rings. The number of nitro benzene ring substituents is 1. The van der Waals surface area contributed by atoms with E-state index in [2.05, 4.69) is 0 Å². The van der Waals surface area contributed by atoms with E-state index in [1.807, 2.05) is 18.2 Å². The van der Waals surface area contributed by atoms with Crippen LogP contribution in [0.2, 0.25) is 0 Å². The molecule has 0 unspecified atom stereocenters. The molecule has 0 aromatic heterocycles. The summed E-state index contributed by atoms with van der Waals surface area (Å²) >= 11 is 6.57. The second-order valence-electron chi connectivity index (χ2n) is 6.96. The van der Waals surface area contributed by atoms with E-state index in [1.54, 1.807) is 30.3 Å². The number of hydrogen-bond acceptors (Lipinski definition) is 8. The summed E-state index contributed by atoms with van der Waals surface area (Å²) in [6.45, 7) is 0. The van der Waals surface area contributed by atoms with Crippen molar-refractivity contribution >= 4 is 57.6 Å². The number of carbonyl (C=O) groups excluding carboxylic acids is 2. The number of nitro groups is 1. The maximum absolute atomic E-state index is 12.9. The molecule has 3 aromatic carbocycles. The Balaban J connectivity index is 1.56. The summed E-state index contributed by atoms with van der Waals surface area (Å²) in [5, 5.41) is 10.9. The van der Waals surface area contributed by atoms with Crippen molar-refractivity contribution < 1.29 is 24.0 Å². The van der Waals surface area contributed by atoms with E-state index in [0.29, 0.717) is 20.5 Å². The molecule has 3 aromatic rings. The summed E-state index contributed by atoms with van der Waals surface area (Å²) in [5.41, 5.74) is 1.14. The zero-order valence-electron chi connectivity index (χ0n) is 17.7. The van der Waals surface area contributed by atoms with Gasteiger partial charge in [-0.25, -0.2) is 4.79 Å². The lowest BCUT2D eigenvalue weighted by Gasteiger charge is -2.13. The van der Waals surface area contributed by atoms with Crippen LogP contribution in [0.4, 0.5) is 11.4 Å². The second kappa shape index (κ2) is 9.86. The molecular weight excluding hydrogens is 476 g/mol. The largest absolute Gasteiger partial charge is 0.493 e. The Morgan fingerprint density at radius 1 is 1.06 bits per heavy atom. The first-order valence-corrected chi connectivity index (χ1v) is 11.1. The molecule has 0 bridgehead atoms. The van der Waals surface area contributed by atoms with Gasteiger partial charge in [0.1, 0.15) is 0 Å². The normalized spacial score (nSPS) is 14.4. The van der Waals surface area contributed by atoms with Crippen molar-refractivity contribution in [2.45, 2.75) is 0 Å². The average molecular weight is 493 g/mol. The number of benzene rings is 3. The summed E-state index contributed by atoms with van der Waals surface area (Å²) in [5.74, 6) is -0.612. The number of para-hydroxylation sites is 1. The number of non-ortho nitro benzene ring substituents is 1. The summed E-state index contributed by atoms with van der Waals surface area (Å²) in [4.78, 5) is 37.7. The SMILES string of the molecule is COc1cc(C=C2SC(=S)N(c3ccccc3)C2=O)ccc1OC(=O)c1cccc([N+](=O)[O-])c1. The maximum atomic E-state index is 12.9. The molecule has 0 spiro atoms. The second-order valence-corrected chi connectivity index (χ2v) is 8.64. The van der Waals surface area contributed by atoms with Crippen LogP contribution in [0.1, 0.15) is 15.9 Å². The van der Waals surface area contributed by atoms with E-state index < -0.39 is 10.9 Å². The van der Waals surface area contributed by atoms with Crippen LogP contribution in [-0.4, -0.2) is 28.2 Å². The van der Waals surface area contributed by atoms with Gasteiger partial charge in [-0.05, 0) is 42.0 Å². The van der Waals surface area contributed by atoms with Crippen LogP contribution in [0, 0.1) is 10.1 Å². The van der Waals surface area contributed by atoms with Gasteiger partial charge in [0.2, 0.25) is 0 Å². The van der Waals surface area contributed by atoms with Crippen LogP contribution in [-0.2, 0) is 4.79 Å². The third kappa shape index (κ3) is 4.82. The quantitative estimate of drug-likeness (QED) is 0.115. The van der Waals surface area contributed by atoms with Gasteiger partial charge in [0.05, 0.1) is 28.2 Å². The number of thioether (sulfide) groups is 1. The summed E-state index contributed by atoms with van der Waals surface area (Å²) in [6.07, 6.45) is 1.68. The zero-order chi connectivity index (χ0) is 24.2. The van der Waals surface area contributed by atoms with Gasteiger partial charge in [0, 0.05) is 12.1 Å². The van der Waals surface area contributed by atoms with Crippen LogP contribution in [0.25, 0.3) is 6.08 Å². The fourth-order valence-corrected chi connectivity index (χ4v) is 4.48. The van der Waals surface area contributed by atoms with Crippen molar-refractivity contribution in [1.29, 1.82) is 0 Å². The highest BCUT2D eigenvalue weighted by molar-refractivity contribution is 8.27. The zero-order valence-corrected chi connectivity index (χ0v) is 19.3. The molecular formula is C24H16N2O6S2. The number of hydrogen-bond donors (Lipinski definition) is 0. The van der Waals surface area contributed by atoms with Gasteiger partial charge >= 0.3 is 5.97 Å². The molecule has 10 heteroatoms. The Hall–Kier alpha value is -4.02. The summed E-state index contributed by atoms with van der Waals surface area (Å²) < 4.78 is 11.2. The molecule has 0 atom stereocenters. The number of thiocarbonyl (C=S) groups is 1. The lowest BCUT2D eigenvalue weighted by atomic mass is 10.1. The highest BCUT2D eigenvalue weighted by Crippen LogP contribution is 2.37. The van der Waals surface area contributed by atoms with Gasteiger partial charge in [-0.1, -0.05) is 54.3 Å². The molecule has 1 amide bonds. The summed E-state index contributed by atoms with van der Waals surface area (Å²) in [6, 6.07) is 19.2. The highest BCUT2D eigenvalue weighted by atomic mass is 32.2. The first-order valence-electron chi connectivity index (χ1n) is 9.85. The number of carbonyl (C=O) groups is 2. The molecule has 1 aliphatic heterocycles. The van der Waals surface area contributed by atoms with Crippen molar-refractivity contribution in [3.8, 4) is 11.5 Å². The van der Waals surface area contributed by atoms with Crippen LogP contribution in [0.5, 0.6) is 11.5 Å². The predicted molar refractivity (Wildman–Crippen MR) is 133 cm³/mol. The smallest absolute Gasteiger partial charge is 0.343 e. The molecule has 0 N–H and O–H groups in total. The van der Waals surface area contributed by atoms with Gasteiger partial charge in [0.25, 0.3) is 11.6 Å². The molecule has 0 aliphatic carbocycles. The molecule has 4 rings (SSSR count). The number of ether oxygens (including phenoxy) is 2. The van der Waals surface area contributed by atoms with Crippen molar-refractivity contribution in [1.82, 2.24) is 0 Å². The molecule has 8 nitrogen and oxygen atoms in total. The van der Waals surface area contributed by atoms with Crippen molar-refractivity contribution in [3.63, 3.8) is 0 Å². The van der Waals surface area contributed by atoms with Gasteiger partial charge in [-0.15, -0.1) is 0 Å². The fourth-order valence-electron chi connectivity index (χ4n) is 3.18. The number of methoxy groups -OCH3 is 1. The fraction of sp³-hybridized carbons (Fsp3) is 0.0417. The molecule has 1 saturated heterocycles. The molecule has 1 heterocycles. The monoisotopic (exact) mass is 492 g/mol. The van der Waals surface area contributed by atoms with E-state index in [0.717, 1.165) is 6.07 Å². The summed E-state index contributed by atoms with van der Waals surface area (Å²) in [7, 11) is 1.42. The number of esters is 1. The number of amides is 1. The van der Waals surface area contributed by atoms with Crippen LogP contribution in [0.15, 0.2) is 77.7 Å². The Labute approximate surface area is 203 Å². The van der Waals surface area contributed by atoms with Crippen LogP contribution >= 0.6 is 24.0 Å². The van der Waals surface area contributed by atoms with E-state index in [-0.39, 0.29) is 28.7 Å². The molecule has 34 heavy (non-hydrogen) atoms. The minimum absolute atomic E-state index is 0.0323. The van der Waals surface area contributed by atoms with E-state index in [9.17, 15) is 19.7 Å².